The van der Waals surface area contributed by atoms with Crippen molar-refractivity contribution in [1.82, 2.24) is 0 Å². The molecule has 3 atom stereocenters. The lowest BCUT2D eigenvalue weighted by Crippen LogP contribution is -2.41. The fourth-order valence-electron chi connectivity index (χ4n) is 4.43. The van der Waals surface area contributed by atoms with Crippen LogP contribution in [0.5, 0.6) is 0 Å². The van der Waals surface area contributed by atoms with Gasteiger partial charge in [0, 0.05) is 15.2 Å². The minimum atomic E-state index is 0.558. The number of thioether (sulfide) groups is 2. The summed E-state index contributed by atoms with van der Waals surface area (Å²) < 4.78 is 0.558. The summed E-state index contributed by atoms with van der Waals surface area (Å²) in [5, 5.41) is 1.71. The van der Waals surface area contributed by atoms with Crippen LogP contribution in [0.25, 0.3) is 0 Å². The van der Waals surface area contributed by atoms with E-state index in [1.54, 1.807) is 5.57 Å². The van der Waals surface area contributed by atoms with Crippen molar-refractivity contribution in [3.05, 3.63) is 12.2 Å². The average Bonchev–Trinajstić information content (AvgIpc) is 2.98. The fraction of sp³-hybridized carbons (Fsp3) is 0.875. The van der Waals surface area contributed by atoms with Crippen LogP contribution in [0.2, 0.25) is 0 Å². The number of rotatable bonds is 3. The maximum absolute atomic E-state index is 4.46. The number of fused-ring (bicyclic) bond motifs is 1. The first kappa shape index (κ1) is 13.4. The molecule has 0 amide bonds. The first-order valence-electron chi connectivity index (χ1n) is 7.64. The zero-order chi connectivity index (χ0) is 12.6. The van der Waals surface area contributed by atoms with E-state index in [1.165, 1.54) is 57.8 Å². The summed E-state index contributed by atoms with van der Waals surface area (Å²) in [6.07, 6.45) is 15.4. The molecule has 0 aromatic carbocycles. The van der Waals surface area contributed by atoms with E-state index in [-0.39, 0.29) is 0 Å². The summed E-state index contributed by atoms with van der Waals surface area (Å²) in [5.74, 6) is 0.938. The monoisotopic (exact) mass is 282 g/mol. The molecule has 3 rings (SSSR count). The van der Waals surface area contributed by atoms with Crippen LogP contribution >= 0.6 is 23.5 Å². The van der Waals surface area contributed by atoms with Crippen molar-refractivity contribution in [2.75, 3.05) is 6.26 Å². The predicted molar refractivity (Wildman–Crippen MR) is 85.6 cm³/mol. The van der Waals surface area contributed by atoms with E-state index in [4.69, 9.17) is 0 Å². The Bertz CT molecular complexity index is 319. The molecular formula is C16H26S2. The first-order valence-corrected chi connectivity index (χ1v) is 9.81. The molecular weight excluding hydrogens is 256 g/mol. The van der Waals surface area contributed by atoms with Gasteiger partial charge in [0.05, 0.1) is 0 Å². The van der Waals surface area contributed by atoms with Crippen LogP contribution in [0.1, 0.15) is 57.8 Å². The van der Waals surface area contributed by atoms with E-state index in [9.17, 15) is 0 Å². The summed E-state index contributed by atoms with van der Waals surface area (Å²) in [6, 6.07) is 0. The quantitative estimate of drug-likeness (QED) is 0.646. The predicted octanol–water partition coefficient (Wildman–Crippen LogP) is 5.28. The highest BCUT2D eigenvalue weighted by Gasteiger charge is 2.53. The van der Waals surface area contributed by atoms with Gasteiger partial charge in [0.1, 0.15) is 0 Å². The lowest BCUT2D eigenvalue weighted by molar-refractivity contribution is 0.315. The van der Waals surface area contributed by atoms with Crippen molar-refractivity contribution in [2.45, 2.75) is 73.0 Å². The Morgan fingerprint density at radius 3 is 2.56 bits per heavy atom. The average molecular weight is 283 g/mol. The van der Waals surface area contributed by atoms with Gasteiger partial charge in [0.2, 0.25) is 0 Å². The Kier molecular flexibility index (Phi) is 4.06. The molecule has 0 radical (unpaired) electrons. The normalized spacial score (nSPS) is 41.3. The van der Waals surface area contributed by atoms with Gasteiger partial charge in [-0.25, -0.2) is 0 Å². The van der Waals surface area contributed by atoms with Gasteiger partial charge >= 0.3 is 0 Å². The van der Waals surface area contributed by atoms with E-state index in [0.717, 1.165) is 16.4 Å². The van der Waals surface area contributed by atoms with Gasteiger partial charge in [-0.15, -0.1) is 11.8 Å². The Balaban J connectivity index is 1.78. The maximum Gasteiger partial charge on any atom is 0.0406 e. The molecule has 0 saturated heterocycles. The van der Waals surface area contributed by atoms with Crippen LogP contribution in [-0.4, -0.2) is 21.5 Å². The largest absolute Gasteiger partial charge is 0.157 e. The number of hydrogen-bond acceptors (Lipinski definition) is 2. The molecule has 102 valence electrons. The van der Waals surface area contributed by atoms with Gasteiger partial charge in [-0.2, -0.15) is 11.8 Å². The lowest BCUT2D eigenvalue weighted by Gasteiger charge is -2.42. The zero-order valence-electron chi connectivity index (χ0n) is 11.6. The molecule has 0 unspecified atom stereocenters. The second-order valence-corrected chi connectivity index (χ2v) is 8.97. The highest BCUT2D eigenvalue weighted by molar-refractivity contribution is 8.04. The molecule has 18 heavy (non-hydrogen) atoms. The van der Waals surface area contributed by atoms with Crippen molar-refractivity contribution in [3.63, 3.8) is 0 Å². The standard InChI is InChI=1S/C16H26S2/c1-12-11-13-7-5-6-10-16(13,17-2)15(12)18-14-8-3-4-9-14/h13-15H,1,3-11H2,2H3/t13-,15+,16+/m0/s1. The van der Waals surface area contributed by atoms with E-state index >= 15 is 0 Å². The molecule has 3 aliphatic carbocycles. The molecule has 0 N–H and O–H groups in total. The third-order valence-corrected chi connectivity index (χ3v) is 8.96. The minimum absolute atomic E-state index is 0.558. The summed E-state index contributed by atoms with van der Waals surface area (Å²) in [4.78, 5) is 0. The summed E-state index contributed by atoms with van der Waals surface area (Å²) >= 11 is 4.49. The second-order valence-electron chi connectivity index (χ2n) is 6.39. The minimum Gasteiger partial charge on any atom is -0.157 e. The van der Waals surface area contributed by atoms with Crippen molar-refractivity contribution in [3.8, 4) is 0 Å². The van der Waals surface area contributed by atoms with Gasteiger partial charge in [-0.05, 0) is 44.3 Å². The van der Waals surface area contributed by atoms with Crippen LogP contribution in [0.15, 0.2) is 12.2 Å². The van der Waals surface area contributed by atoms with Crippen molar-refractivity contribution in [1.29, 1.82) is 0 Å². The van der Waals surface area contributed by atoms with Crippen LogP contribution < -0.4 is 0 Å². The smallest absolute Gasteiger partial charge is 0.0406 e. The summed E-state index contributed by atoms with van der Waals surface area (Å²) in [6.45, 7) is 4.46. The van der Waals surface area contributed by atoms with Crippen molar-refractivity contribution >= 4 is 23.5 Å². The fourth-order valence-corrected chi connectivity index (χ4v) is 7.97. The van der Waals surface area contributed by atoms with E-state index in [2.05, 4.69) is 36.4 Å². The Morgan fingerprint density at radius 1 is 1.11 bits per heavy atom. The molecule has 0 spiro atoms. The molecule has 0 aromatic rings. The van der Waals surface area contributed by atoms with Crippen LogP contribution in [-0.2, 0) is 0 Å². The molecule has 0 aliphatic heterocycles. The van der Waals surface area contributed by atoms with E-state index in [0.29, 0.717) is 4.75 Å². The number of hydrogen-bond donors (Lipinski definition) is 0. The van der Waals surface area contributed by atoms with E-state index in [1.807, 2.05) is 0 Å². The van der Waals surface area contributed by atoms with Gasteiger partial charge in [0.15, 0.2) is 0 Å². The van der Waals surface area contributed by atoms with Crippen molar-refractivity contribution in [2.24, 2.45) is 5.92 Å². The maximum atomic E-state index is 4.46. The van der Waals surface area contributed by atoms with Crippen LogP contribution in [0.3, 0.4) is 0 Å². The summed E-state index contributed by atoms with van der Waals surface area (Å²) in [7, 11) is 0. The van der Waals surface area contributed by atoms with Crippen molar-refractivity contribution < 1.29 is 0 Å². The SMILES string of the molecule is C=C1C[C@@H]2CCCC[C@]2(SC)[C@@H]1SC1CCCC1. The second kappa shape index (κ2) is 5.44. The summed E-state index contributed by atoms with van der Waals surface area (Å²) in [5.41, 5.74) is 1.58. The Hall–Kier alpha value is 0.440. The molecule has 0 aromatic heterocycles. The first-order chi connectivity index (χ1) is 8.76. The van der Waals surface area contributed by atoms with Crippen LogP contribution in [0, 0.1) is 5.92 Å². The lowest BCUT2D eigenvalue weighted by atomic mass is 9.81. The highest BCUT2D eigenvalue weighted by Crippen LogP contribution is 2.59. The third kappa shape index (κ3) is 2.18. The van der Waals surface area contributed by atoms with Crippen LogP contribution in [0.4, 0.5) is 0 Å². The highest BCUT2D eigenvalue weighted by atomic mass is 32.2. The van der Waals surface area contributed by atoms with Gasteiger partial charge in [-0.1, -0.05) is 37.8 Å². The molecule has 0 bridgehead atoms. The molecule has 0 heterocycles. The third-order valence-electron chi connectivity index (χ3n) is 5.40. The van der Waals surface area contributed by atoms with Gasteiger partial charge < -0.3 is 0 Å². The molecule has 3 saturated carbocycles. The zero-order valence-corrected chi connectivity index (χ0v) is 13.3. The Morgan fingerprint density at radius 2 is 1.83 bits per heavy atom. The van der Waals surface area contributed by atoms with Gasteiger partial charge in [0.25, 0.3) is 0 Å². The molecule has 0 nitrogen and oxygen atoms in total. The molecule has 3 fully saturated rings. The topological polar surface area (TPSA) is 0 Å². The molecule has 2 heteroatoms. The van der Waals surface area contributed by atoms with Gasteiger partial charge in [-0.3, -0.25) is 0 Å². The van der Waals surface area contributed by atoms with E-state index < -0.39 is 0 Å². The Labute approximate surface area is 121 Å². The molecule has 3 aliphatic rings.